The van der Waals surface area contributed by atoms with E-state index in [-0.39, 0.29) is 53.9 Å². The van der Waals surface area contributed by atoms with E-state index in [1.807, 2.05) is 60.6 Å². The Hall–Kier alpha value is -3.69. The number of carbonyl (C=O) groups excluding carboxylic acids is 2. The molecule has 0 aromatic heterocycles. The van der Waals surface area contributed by atoms with Crippen molar-refractivity contribution in [3.8, 4) is 17.2 Å². The van der Waals surface area contributed by atoms with Gasteiger partial charge in [0.25, 0.3) is 0 Å². The topological polar surface area (TPSA) is 151 Å². The summed E-state index contributed by atoms with van der Waals surface area (Å²) in [6.45, 7) is 14.9. The van der Waals surface area contributed by atoms with Gasteiger partial charge in [0.15, 0.2) is 22.8 Å². The van der Waals surface area contributed by atoms with Crippen LogP contribution < -0.4 is 4.74 Å². The number of hydrogen-bond donors (Lipinski definition) is 4. The van der Waals surface area contributed by atoms with Crippen LogP contribution in [0.3, 0.4) is 0 Å². The number of aromatic hydroxyl groups is 2. The lowest BCUT2D eigenvalue weighted by Crippen LogP contribution is -2.80. The van der Waals surface area contributed by atoms with E-state index in [0.29, 0.717) is 5.56 Å². The second-order valence-electron chi connectivity index (χ2n) is 14.8. The highest BCUT2D eigenvalue weighted by molar-refractivity contribution is 6.09. The first-order valence-corrected chi connectivity index (χ1v) is 16.5. The second kappa shape index (κ2) is 12.1. The molecule has 0 unspecified atom stereocenters. The van der Waals surface area contributed by atoms with Gasteiger partial charge in [-0.2, -0.15) is 0 Å². The highest BCUT2D eigenvalue weighted by Gasteiger charge is 2.85. The molecule has 47 heavy (non-hydrogen) atoms. The van der Waals surface area contributed by atoms with E-state index in [1.54, 1.807) is 0 Å². The molecule has 1 saturated heterocycles. The monoisotopic (exact) mass is 648 g/mol. The molecule has 4 bridgehead atoms. The number of benzene rings is 1. The van der Waals surface area contributed by atoms with Crippen molar-refractivity contribution in [3.05, 3.63) is 63.3 Å². The van der Waals surface area contributed by atoms with Crippen molar-refractivity contribution < 1.29 is 44.3 Å². The lowest BCUT2D eigenvalue weighted by Gasteiger charge is -2.61. The number of Topliss-reactive ketones (excluding diaryl/α,β-unsaturated/α-hetero) is 2. The van der Waals surface area contributed by atoms with Crippen LogP contribution in [-0.4, -0.2) is 60.9 Å². The number of phenolic OH excluding ortho intramolecular Hbond substituents is 2. The largest absolute Gasteiger partial charge is 0.507 e. The fraction of sp³-hybridized carbons (Fsp3) is 0.553. The quantitative estimate of drug-likeness (QED) is 0.169. The smallest absolute Gasteiger partial charge is 0.330 e. The van der Waals surface area contributed by atoms with Crippen molar-refractivity contribution in [2.75, 3.05) is 0 Å². The number of ether oxygens (including phenoxy) is 2. The van der Waals surface area contributed by atoms with Crippen LogP contribution in [0, 0.1) is 17.8 Å². The number of phenols is 2. The number of ketones is 2. The molecule has 1 aromatic carbocycles. The summed E-state index contributed by atoms with van der Waals surface area (Å²) < 4.78 is 13.6. The molecule has 6 atom stereocenters. The van der Waals surface area contributed by atoms with Gasteiger partial charge in [-0.25, -0.2) is 4.79 Å². The molecule has 1 spiro atoms. The van der Waals surface area contributed by atoms with Crippen LogP contribution in [0.4, 0.5) is 0 Å². The van der Waals surface area contributed by atoms with Crippen LogP contribution in [0.2, 0.25) is 0 Å². The number of fused-ring (bicyclic) bond motifs is 1. The normalized spacial score (nSPS) is 30.4. The first kappa shape index (κ1) is 34.6. The Morgan fingerprint density at radius 3 is 2.17 bits per heavy atom. The van der Waals surface area contributed by atoms with E-state index in [1.165, 1.54) is 18.6 Å². The SMILES string of the molecule is CC(C)=CCC/C(C)=C/Cc1c(O)c(CC=C(C)C)c2c(c1O)C(=O)[C@@H]1[C@@H](O)[C@@H]3C[C@H]4C(C)(C)O[C@@](C/C=C(/C)C(=O)O)(C3=O)[C@@]14O2. The Labute approximate surface area is 276 Å². The van der Waals surface area contributed by atoms with Crippen LogP contribution in [0.15, 0.2) is 46.6 Å². The minimum Gasteiger partial charge on any atom is -0.507 e. The molecule has 3 saturated carbocycles. The summed E-state index contributed by atoms with van der Waals surface area (Å²) in [5.74, 6) is -5.53. The van der Waals surface area contributed by atoms with E-state index >= 15 is 0 Å². The Balaban J connectivity index is 1.73. The van der Waals surface area contributed by atoms with Crippen LogP contribution in [0.25, 0.3) is 0 Å². The maximum Gasteiger partial charge on any atom is 0.330 e. The second-order valence-corrected chi connectivity index (χ2v) is 14.8. The zero-order valence-electron chi connectivity index (χ0n) is 28.7. The summed E-state index contributed by atoms with van der Waals surface area (Å²) in [6.07, 6.45) is 8.01. The van der Waals surface area contributed by atoms with Crippen LogP contribution >= 0.6 is 0 Å². The van der Waals surface area contributed by atoms with E-state index in [4.69, 9.17) is 9.47 Å². The summed E-state index contributed by atoms with van der Waals surface area (Å²) >= 11 is 0. The lowest BCUT2D eigenvalue weighted by molar-refractivity contribution is -0.220. The summed E-state index contributed by atoms with van der Waals surface area (Å²) in [5.41, 5.74) is -0.852. The molecule has 5 aliphatic rings. The minimum atomic E-state index is -1.78. The average Bonchev–Trinajstić information content (AvgIpc) is 3.10. The summed E-state index contributed by atoms with van der Waals surface area (Å²) in [4.78, 5) is 40.8. The maximum atomic E-state index is 14.8. The molecule has 6 rings (SSSR count). The van der Waals surface area contributed by atoms with Crippen molar-refractivity contribution in [1.29, 1.82) is 0 Å². The average molecular weight is 649 g/mol. The number of hydrogen-bond acceptors (Lipinski definition) is 8. The Morgan fingerprint density at radius 2 is 1.55 bits per heavy atom. The zero-order chi connectivity index (χ0) is 34.8. The molecule has 4 fully saturated rings. The van der Waals surface area contributed by atoms with Gasteiger partial charge < -0.3 is 29.9 Å². The molecule has 2 aliphatic heterocycles. The Bertz CT molecular complexity index is 1650. The molecule has 2 heterocycles. The predicted octanol–water partition coefficient (Wildman–Crippen LogP) is 6.32. The number of allylic oxidation sites excluding steroid dienone is 6. The van der Waals surface area contributed by atoms with Crippen molar-refractivity contribution in [2.24, 2.45) is 17.8 Å². The number of carboxylic acid groups (broad SMARTS) is 1. The number of aliphatic carboxylic acids is 1. The van der Waals surface area contributed by atoms with Gasteiger partial charge >= 0.3 is 5.97 Å². The zero-order valence-corrected chi connectivity index (χ0v) is 28.7. The standard InChI is InChI=1S/C38H48O9/c1-19(2)10-9-11-21(5)13-15-23-29(39)24(14-12-20(3)4)33-27(30(23)40)32(42)28-31(41)25-18-26-36(7,8)47-37(34(25)43,38(26,28)46-33)17-16-22(6)35(44)45/h10,12-13,16,25-26,28,31,39-41H,9,11,14-15,17-18H2,1-8H3,(H,44,45)/b21-13+,22-16-/t25-,26-,28-,31-,37-,38-/m0/s1. The minimum absolute atomic E-state index is 0.00268. The van der Waals surface area contributed by atoms with Gasteiger partial charge in [-0.1, -0.05) is 41.0 Å². The third-order valence-electron chi connectivity index (χ3n) is 10.8. The molecule has 9 nitrogen and oxygen atoms in total. The lowest BCUT2D eigenvalue weighted by atomic mass is 9.45. The van der Waals surface area contributed by atoms with Gasteiger partial charge in [0.05, 0.1) is 17.6 Å². The van der Waals surface area contributed by atoms with Gasteiger partial charge in [-0.05, 0) is 87.5 Å². The fourth-order valence-corrected chi connectivity index (χ4v) is 8.39. The number of carbonyl (C=O) groups is 3. The highest BCUT2D eigenvalue weighted by Crippen LogP contribution is 2.70. The molecular weight excluding hydrogens is 600 g/mol. The van der Waals surface area contributed by atoms with Crippen LogP contribution in [-0.2, 0) is 27.2 Å². The van der Waals surface area contributed by atoms with Crippen LogP contribution in [0.1, 0.15) is 103 Å². The number of carboxylic acids is 1. The molecule has 9 heteroatoms. The van der Waals surface area contributed by atoms with Gasteiger partial charge in [0.1, 0.15) is 22.8 Å². The third kappa shape index (κ3) is 5.26. The molecule has 1 aromatic rings. The molecular formula is C38H48O9. The fourth-order valence-electron chi connectivity index (χ4n) is 8.39. The first-order valence-electron chi connectivity index (χ1n) is 16.5. The predicted molar refractivity (Wildman–Crippen MR) is 177 cm³/mol. The number of aliphatic hydroxyl groups excluding tert-OH is 1. The van der Waals surface area contributed by atoms with Gasteiger partial charge in [-0.15, -0.1) is 0 Å². The van der Waals surface area contributed by atoms with Gasteiger partial charge in [-0.3, -0.25) is 9.59 Å². The van der Waals surface area contributed by atoms with E-state index < -0.39 is 63.9 Å². The maximum absolute atomic E-state index is 14.8. The van der Waals surface area contributed by atoms with Crippen molar-refractivity contribution >= 4 is 17.5 Å². The summed E-state index contributed by atoms with van der Waals surface area (Å²) in [6, 6.07) is 0. The highest BCUT2D eigenvalue weighted by atomic mass is 16.6. The Morgan fingerprint density at radius 1 is 0.915 bits per heavy atom. The van der Waals surface area contributed by atoms with Gasteiger partial charge in [0, 0.05) is 35.0 Å². The molecule has 254 valence electrons. The molecule has 0 radical (unpaired) electrons. The molecule has 3 aliphatic carbocycles. The summed E-state index contributed by atoms with van der Waals surface area (Å²) in [7, 11) is 0. The van der Waals surface area contributed by atoms with E-state index in [9.17, 15) is 34.8 Å². The number of rotatable bonds is 10. The van der Waals surface area contributed by atoms with E-state index in [0.717, 1.165) is 24.0 Å². The molecule has 0 amide bonds. The van der Waals surface area contributed by atoms with Crippen molar-refractivity contribution in [2.45, 2.75) is 117 Å². The van der Waals surface area contributed by atoms with E-state index in [2.05, 4.69) is 6.08 Å². The van der Waals surface area contributed by atoms with Gasteiger partial charge in [0.2, 0.25) is 0 Å². The molecule has 4 N–H and O–H groups in total. The Kier molecular flexibility index (Phi) is 8.90. The van der Waals surface area contributed by atoms with Crippen molar-refractivity contribution in [3.63, 3.8) is 0 Å². The first-order chi connectivity index (χ1) is 21.9. The van der Waals surface area contributed by atoms with Crippen LogP contribution in [0.5, 0.6) is 17.2 Å². The number of aliphatic hydroxyl groups is 1. The van der Waals surface area contributed by atoms with Crippen molar-refractivity contribution in [1.82, 2.24) is 0 Å². The third-order valence-corrected chi connectivity index (χ3v) is 10.8. The summed E-state index contributed by atoms with van der Waals surface area (Å²) in [5, 5.41) is 44.8.